The Kier molecular flexibility index (Phi) is 4.26. The normalized spacial score (nSPS) is 12.9. The van der Waals surface area contributed by atoms with Gasteiger partial charge in [0.05, 0.1) is 10.8 Å². The van der Waals surface area contributed by atoms with Crippen molar-refractivity contribution in [3.8, 4) is 0 Å². The summed E-state index contributed by atoms with van der Waals surface area (Å²) >= 11 is 0. The molecule has 0 radical (unpaired) electrons. The second kappa shape index (κ2) is 6.11. The molecule has 2 aromatic carbocycles. The van der Waals surface area contributed by atoms with Crippen molar-refractivity contribution in [2.75, 3.05) is 0 Å². The zero-order valence-electron chi connectivity index (χ0n) is 10.0. The number of hydrogen-bond acceptors (Lipinski definition) is 2. The number of carbonyl (C=O) groups is 1. The summed E-state index contributed by atoms with van der Waals surface area (Å²) in [5.41, 5.74) is 0.712. The van der Waals surface area contributed by atoms with Crippen LogP contribution in [0.15, 0.2) is 70.5 Å². The summed E-state index contributed by atoms with van der Waals surface area (Å²) < 4.78 is 12.3. The van der Waals surface area contributed by atoms with Crippen LogP contribution >= 0.6 is 0 Å². The fourth-order valence-electron chi connectivity index (χ4n) is 1.57. The van der Waals surface area contributed by atoms with Gasteiger partial charge in [-0.15, -0.1) is 0 Å². The summed E-state index contributed by atoms with van der Waals surface area (Å²) in [5, 5.41) is 9.20. The molecule has 0 aliphatic carbocycles. The van der Waals surface area contributed by atoms with Gasteiger partial charge in [0.2, 0.25) is 0 Å². The molecule has 0 spiro atoms. The lowest BCUT2D eigenvalue weighted by Gasteiger charge is -2.03. The molecular weight excluding hydrogens is 260 g/mol. The van der Waals surface area contributed by atoms with Crippen molar-refractivity contribution in [2.24, 2.45) is 0 Å². The molecule has 3 nitrogen and oxygen atoms in total. The number of hydrogen-bond donors (Lipinski definition) is 1. The lowest BCUT2D eigenvalue weighted by atomic mass is 10.2. The summed E-state index contributed by atoms with van der Waals surface area (Å²) in [4.78, 5) is 11.6. The van der Waals surface area contributed by atoms with Gasteiger partial charge in [0.15, 0.2) is 0 Å². The quantitative estimate of drug-likeness (QED) is 0.871. The van der Waals surface area contributed by atoms with E-state index in [2.05, 4.69) is 0 Å². The molecule has 1 atom stereocenters. The van der Waals surface area contributed by atoms with Crippen molar-refractivity contribution in [1.82, 2.24) is 0 Å². The lowest BCUT2D eigenvalue weighted by molar-refractivity contribution is -0.131. The first-order valence-electron chi connectivity index (χ1n) is 5.65. The molecule has 1 unspecified atom stereocenters. The first kappa shape index (κ1) is 13.2. The molecule has 0 saturated heterocycles. The molecule has 0 amide bonds. The zero-order chi connectivity index (χ0) is 13.7. The molecule has 0 fully saturated rings. The van der Waals surface area contributed by atoms with Crippen LogP contribution in [0.3, 0.4) is 0 Å². The minimum absolute atomic E-state index is 0.127. The van der Waals surface area contributed by atoms with E-state index in [1.54, 1.807) is 54.6 Å². The summed E-state index contributed by atoms with van der Waals surface area (Å²) in [6.45, 7) is 0. The van der Waals surface area contributed by atoms with Crippen molar-refractivity contribution < 1.29 is 14.1 Å². The maximum absolute atomic E-state index is 12.3. The molecule has 96 valence electrons. The Labute approximate surface area is 113 Å². The minimum atomic E-state index is -1.69. The average molecular weight is 272 g/mol. The van der Waals surface area contributed by atoms with Crippen LogP contribution in [0.1, 0.15) is 5.56 Å². The third-order valence-corrected chi connectivity index (χ3v) is 3.86. The van der Waals surface area contributed by atoms with Gasteiger partial charge in [0, 0.05) is 4.90 Å². The Morgan fingerprint density at radius 1 is 0.947 bits per heavy atom. The highest BCUT2D eigenvalue weighted by atomic mass is 32.2. The van der Waals surface area contributed by atoms with Gasteiger partial charge < -0.3 is 5.11 Å². The van der Waals surface area contributed by atoms with Gasteiger partial charge >= 0.3 is 5.97 Å². The van der Waals surface area contributed by atoms with Gasteiger partial charge in [-0.3, -0.25) is 0 Å². The van der Waals surface area contributed by atoms with E-state index < -0.39 is 16.8 Å². The lowest BCUT2D eigenvalue weighted by Crippen LogP contribution is -2.07. The first-order chi connectivity index (χ1) is 9.18. The summed E-state index contributed by atoms with van der Waals surface area (Å²) in [5.74, 6) is -1.17. The second-order valence-corrected chi connectivity index (χ2v) is 5.25. The molecule has 1 N–H and O–H groups in total. The maximum atomic E-state index is 12.3. The zero-order valence-corrected chi connectivity index (χ0v) is 10.8. The monoisotopic (exact) mass is 272 g/mol. The fourth-order valence-corrected chi connectivity index (χ4v) is 2.63. The number of carboxylic acid groups (broad SMARTS) is 1. The molecule has 0 aliphatic rings. The topological polar surface area (TPSA) is 54.4 Å². The van der Waals surface area contributed by atoms with Gasteiger partial charge in [-0.1, -0.05) is 48.5 Å². The minimum Gasteiger partial charge on any atom is -0.477 e. The fraction of sp³-hybridized carbons (Fsp3) is 0. The number of rotatable bonds is 4. The van der Waals surface area contributed by atoms with E-state index in [0.717, 1.165) is 0 Å². The van der Waals surface area contributed by atoms with Crippen LogP contribution in [-0.2, 0) is 15.6 Å². The van der Waals surface area contributed by atoms with E-state index in [0.29, 0.717) is 10.5 Å². The number of aliphatic carboxylic acids is 1. The number of benzene rings is 2. The Bertz CT molecular complexity index is 618. The van der Waals surface area contributed by atoms with Crippen LogP contribution in [0.2, 0.25) is 0 Å². The van der Waals surface area contributed by atoms with E-state index >= 15 is 0 Å². The van der Waals surface area contributed by atoms with E-state index in [1.165, 1.54) is 6.08 Å². The van der Waals surface area contributed by atoms with Crippen LogP contribution < -0.4 is 0 Å². The Balaban J connectivity index is 2.40. The van der Waals surface area contributed by atoms with Crippen LogP contribution in [0.5, 0.6) is 0 Å². The molecule has 19 heavy (non-hydrogen) atoms. The predicted octanol–water partition coefficient (Wildman–Crippen LogP) is 2.92. The highest BCUT2D eigenvalue weighted by Crippen LogP contribution is 2.17. The molecule has 0 heterocycles. The summed E-state index contributed by atoms with van der Waals surface area (Å²) in [6.07, 6.45) is 1.44. The molecule has 2 rings (SSSR count). The van der Waals surface area contributed by atoms with Crippen molar-refractivity contribution in [2.45, 2.75) is 4.90 Å². The summed E-state index contributed by atoms with van der Waals surface area (Å²) in [6, 6.07) is 17.5. The molecule has 4 heteroatoms. The van der Waals surface area contributed by atoms with Crippen molar-refractivity contribution >= 4 is 22.8 Å². The predicted molar refractivity (Wildman–Crippen MR) is 74.9 cm³/mol. The van der Waals surface area contributed by atoms with E-state index in [9.17, 15) is 14.1 Å². The van der Waals surface area contributed by atoms with Crippen LogP contribution in [-0.4, -0.2) is 15.3 Å². The smallest absolute Gasteiger partial charge is 0.345 e. The van der Waals surface area contributed by atoms with Crippen molar-refractivity contribution in [3.05, 3.63) is 71.1 Å². The Morgan fingerprint density at radius 3 is 2.00 bits per heavy atom. The average Bonchev–Trinajstić information content (AvgIpc) is 2.46. The highest BCUT2D eigenvalue weighted by Gasteiger charge is 2.17. The van der Waals surface area contributed by atoms with Crippen molar-refractivity contribution in [3.63, 3.8) is 0 Å². The van der Waals surface area contributed by atoms with Crippen LogP contribution in [0.4, 0.5) is 0 Å². The van der Waals surface area contributed by atoms with E-state index in [1.807, 2.05) is 6.07 Å². The van der Waals surface area contributed by atoms with E-state index in [4.69, 9.17) is 0 Å². The second-order valence-electron chi connectivity index (χ2n) is 3.81. The van der Waals surface area contributed by atoms with Gasteiger partial charge in [-0.05, 0) is 23.8 Å². The van der Waals surface area contributed by atoms with Crippen LogP contribution in [0, 0.1) is 0 Å². The van der Waals surface area contributed by atoms with Gasteiger partial charge in [0.25, 0.3) is 0 Å². The van der Waals surface area contributed by atoms with Gasteiger partial charge in [-0.2, -0.15) is 0 Å². The standard InChI is InChI=1S/C15H12O3S/c16-15(17)14(11-12-7-3-1-4-8-12)19(18)13-9-5-2-6-10-13/h1-11H,(H,16,17)/b14-11-. The third-order valence-electron chi connectivity index (χ3n) is 2.47. The summed E-state index contributed by atoms with van der Waals surface area (Å²) in [7, 11) is -1.69. The highest BCUT2D eigenvalue weighted by molar-refractivity contribution is 7.90. The molecule has 0 bridgehead atoms. The van der Waals surface area contributed by atoms with Gasteiger partial charge in [0.1, 0.15) is 4.91 Å². The maximum Gasteiger partial charge on any atom is 0.345 e. The molecule has 2 aromatic rings. The van der Waals surface area contributed by atoms with Gasteiger partial charge in [-0.25, -0.2) is 9.00 Å². The first-order valence-corrected chi connectivity index (χ1v) is 6.80. The molecule has 0 saturated carbocycles. The Morgan fingerprint density at radius 2 is 1.47 bits per heavy atom. The molecule has 0 aliphatic heterocycles. The Hall–Kier alpha value is -2.20. The largest absolute Gasteiger partial charge is 0.477 e. The van der Waals surface area contributed by atoms with Crippen molar-refractivity contribution in [1.29, 1.82) is 0 Å². The van der Waals surface area contributed by atoms with E-state index in [-0.39, 0.29) is 4.91 Å². The van der Waals surface area contributed by atoms with Crippen LogP contribution in [0.25, 0.3) is 6.08 Å². The third kappa shape index (κ3) is 3.39. The SMILES string of the molecule is O=C(O)/C(=C/c1ccccc1)S(=O)c1ccccc1. The molecular formula is C15H12O3S. The number of carboxylic acids is 1. The molecule has 0 aromatic heterocycles.